The predicted molar refractivity (Wildman–Crippen MR) is 77.1 cm³/mol. The van der Waals surface area contributed by atoms with E-state index in [9.17, 15) is 4.79 Å². The van der Waals surface area contributed by atoms with Crippen LogP contribution >= 0.6 is 0 Å². The highest BCUT2D eigenvalue weighted by molar-refractivity contribution is 5.66. The zero-order chi connectivity index (χ0) is 15.3. The Morgan fingerprint density at radius 3 is 2.65 bits per heavy atom. The lowest BCUT2D eigenvalue weighted by atomic mass is 9.99. The molecule has 0 amide bonds. The van der Waals surface area contributed by atoms with Gasteiger partial charge in [-0.2, -0.15) is 4.98 Å². The molecule has 1 aromatic heterocycles. The number of hydrogen-bond acceptors (Lipinski definition) is 5. The molecule has 0 aliphatic heterocycles. The summed E-state index contributed by atoms with van der Waals surface area (Å²) in [5.74, 6) is 0.161. The van der Waals surface area contributed by atoms with Crippen molar-refractivity contribution in [3.05, 3.63) is 11.8 Å². The van der Waals surface area contributed by atoms with Gasteiger partial charge in [0.25, 0.3) is 0 Å². The molecular formula is C14H23N3O3. The van der Waals surface area contributed by atoms with E-state index in [1.165, 1.54) is 0 Å². The van der Waals surface area contributed by atoms with Crippen LogP contribution in [0.5, 0.6) is 5.88 Å². The Hall–Kier alpha value is -1.85. The van der Waals surface area contributed by atoms with Crippen molar-refractivity contribution in [1.29, 1.82) is 0 Å². The number of hydrogen-bond donors (Lipinski definition) is 2. The zero-order valence-electron chi connectivity index (χ0n) is 12.7. The summed E-state index contributed by atoms with van der Waals surface area (Å²) in [7, 11) is 0. The van der Waals surface area contributed by atoms with Crippen LogP contribution in [0.25, 0.3) is 0 Å². The predicted octanol–water partition coefficient (Wildman–Crippen LogP) is 2.63. The number of rotatable bonds is 7. The summed E-state index contributed by atoms with van der Waals surface area (Å²) in [5, 5.41) is 11.9. The monoisotopic (exact) mass is 281 g/mol. The van der Waals surface area contributed by atoms with Gasteiger partial charge < -0.3 is 15.2 Å². The van der Waals surface area contributed by atoms with Crippen molar-refractivity contribution in [3.63, 3.8) is 0 Å². The Morgan fingerprint density at radius 1 is 1.45 bits per heavy atom. The second-order valence-corrected chi connectivity index (χ2v) is 5.74. The molecule has 0 aromatic carbocycles. The normalized spacial score (nSPS) is 11.5. The fraction of sp³-hybridized carbons (Fsp3) is 0.643. The molecule has 0 unspecified atom stereocenters. The van der Waals surface area contributed by atoms with Gasteiger partial charge in [-0.3, -0.25) is 4.79 Å². The van der Waals surface area contributed by atoms with Gasteiger partial charge in [-0.15, -0.1) is 0 Å². The molecule has 6 nitrogen and oxygen atoms in total. The third-order valence-corrected chi connectivity index (χ3v) is 2.60. The largest absolute Gasteiger partial charge is 0.481 e. The minimum Gasteiger partial charge on any atom is -0.481 e. The molecule has 6 heteroatoms. The number of aromatic nitrogens is 2. The maximum Gasteiger partial charge on any atom is 0.303 e. The standard InChI is InChI=1S/C14H23N3O3/c1-9(2)20-11-8-10(3)15-13(16-11)17-14(4,5)7-6-12(18)19/h8-9H,6-7H2,1-5H3,(H,18,19)(H,15,16,17). The van der Waals surface area contributed by atoms with Gasteiger partial charge in [-0.25, -0.2) is 4.98 Å². The first-order valence-corrected chi connectivity index (χ1v) is 6.70. The Balaban J connectivity index is 2.80. The summed E-state index contributed by atoms with van der Waals surface area (Å²) < 4.78 is 5.56. The summed E-state index contributed by atoms with van der Waals surface area (Å²) in [6.45, 7) is 9.57. The molecule has 0 radical (unpaired) electrons. The highest BCUT2D eigenvalue weighted by Crippen LogP contribution is 2.20. The van der Waals surface area contributed by atoms with Crippen LogP contribution in [0.4, 0.5) is 5.95 Å². The van der Waals surface area contributed by atoms with Gasteiger partial charge in [0.15, 0.2) is 0 Å². The van der Waals surface area contributed by atoms with Crippen molar-refractivity contribution in [1.82, 2.24) is 9.97 Å². The average molecular weight is 281 g/mol. The third kappa shape index (κ3) is 5.86. The van der Waals surface area contributed by atoms with E-state index in [0.29, 0.717) is 18.2 Å². The highest BCUT2D eigenvalue weighted by Gasteiger charge is 2.20. The number of ether oxygens (including phenoxy) is 1. The molecule has 2 N–H and O–H groups in total. The molecule has 0 fully saturated rings. The van der Waals surface area contributed by atoms with Gasteiger partial charge >= 0.3 is 5.97 Å². The second kappa shape index (κ2) is 6.54. The van der Waals surface area contributed by atoms with E-state index < -0.39 is 11.5 Å². The molecule has 0 atom stereocenters. The topological polar surface area (TPSA) is 84.3 Å². The van der Waals surface area contributed by atoms with Crippen molar-refractivity contribution in [2.75, 3.05) is 5.32 Å². The summed E-state index contributed by atoms with van der Waals surface area (Å²) in [5.41, 5.74) is 0.397. The summed E-state index contributed by atoms with van der Waals surface area (Å²) in [6, 6.07) is 1.77. The van der Waals surface area contributed by atoms with Crippen molar-refractivity contribution in [3.8, 4) is 5.88 Å². The fourth-order valence-electron chi connectivity index (χ4n) is 1.68. The summed E-state index contributed by atoms with van der Waals surface area (Å²) in [6.07, 6.45) is 0.624. The molecule has 1 rings (SSSR count). The van der Waals surface area contributed by atoms with Crippen LogP contribution in [-0.4, -0.2) is 32.7 Å². The van der Waals surface area contributed by atoms with Crippen LogP contribution < -0.4 is 10.1 Å². The maximum absolute atomic E-state index is 10.6. The number of nitrogens with zero attached hydrogens (tertiary/aromatic N) is 2. The van der Waals surface area contributed by atoms with E-state index in [1.807, 2.05) is 34.6 Å². The first-order valence-electron chi connectivity index (χ1n) is 6.70. The van der Waals surface area contributed by atoms with Gasteiger partial charge in [0, 0.05) is 23.7 Å². The molecule has 0 aliphatic rings. The summed E-state index contributed by atoms with van der Waals surface area (Å²) in [4.78, 5) is 19.2. The number of carboxylic acids is 1. The van der Waals surface area contributed by atoms with Crippen LogP contribution in [0.1, 0.15) is 46.2 Å². The molecule has 0 aliphatic carbocycles. The molecule has 1 aromatic rings. The first-order chi connectivity index (χ1) is 9.18. The van der Waals surface area contributed by atoms with Gasteiger partial charge in [-0.05, 0) is 41.0 Å². The van der Waals surface area contributed by atoms with Crippen LogP contribution in [0.3, 0.4) is 0 Å². The lowest BCUT2D eigenvalue weighted by Gasteiger charge is -2.26. The minimum absolute atomic E-state index is 0.0390. The van der Waals surface area contributed by atoms with Gasteiger partial charge in [0.2, 0.25) is 11.8 Å². The van der Waals surface area contributed by atoms with Crippen LogP contribution in [0.15, 0.2) is 6.07 Å². The average Bonchev–Trinajstić information content (AvgIpc) is 2.23. The molecule has 0 saturated carbocycles. The Labute approximate surface area is 119 Å². The van der Waals surface area contributed by atoms with Crippen LogP contribution in [0, 0.1) is 6.92 Å². The van der Waals surface area contributed by atoms with Crippen molar-refractivity contribution in [2.45, 2.75) is 59.1 Å². The fourth-order valence-corrected chi connectivity index (χ4v) is 1.68. The third-order valence-electron chi connectivity index (χ3n) is 2.60. The Morgan fingerprint density at radius 2 is 2.10 bits per heavy atom. The maximum atomic E-state index is 10.6. The van der Waals surface area contributed by atoms with E-state index in [-0.39, 0.29) is 12.5 Å². The molecule has 0 spiro atoms. The van der Waals surface area contributed by atoms with Gasteiger partial charge in [0.1, 0.15) is 0 Å². The van der Waals surface area contributed by atoms with E-state index in [2.05, 4.69) is 15.3 Å². The number of aryl methyl sites for hydroxylation is 1. The van der Waals surface area contributed by atoms with Crippen molar-refractivity contribution in [2.24, 2.45) is 0 Å². The second-order valence-electron chi connectivity index (χ2n) is 5.74. The number of carboxylic acid groups (broad SMARTS) is 1. The number of nitrogens with one attached hydrogen (secondary N) is 1. The highest BCUT2D eigenvalue weighted by atomic mass is 16.5. The molecule has 112 valence electrons. The van der Waals surface area contributed by atoms with Crippen LogP contribution in [0.2, 0.25) is 0 Å². The number of anilines is 1. The number of carbonyl (C=O) groups is 1. The van der Waals surface area contributed by atoms with E-state index in [4.69, 9.17) is 9.84 Å². The van der Waals surface area contributed by atoms with E-state index >= 15 is 0 Å². The van der Waals surface area contributed by atoms with E-state index in [1.54, 1.807) is 6.07 Å². The first kappa shape index (κ1) is 16.2. The van der Waals surface area contributed by atoms with Crippen LogP contribution in [-0.2, 0) is 4.79 Å². The smallest absolute Gasteiger partial charge is 0.303 e. The van der Waals surface area contributed by atoms with Gasteiger partial charge in [0.05, 0.1) is 6.10 Å². The molecular weight excluding hydrogens is 258 g/mol. The molecule has 20 heavy (non-hydrogen) atoms. The van der Waals surface area contributed by atoms with Crippen molar-refractivity contribution < 1.29 is 14.6 Å². The summed E-state index contributed by atoms with van der Waals surface area (Å²) >= 11 is 0. The van der Waals surface area contributed by atoms with Crippen molar-refractivity contribution >= 4 is 11.9 Å². The lowest BCUT2D eigenvalue weighted by Crippen LogP contribution is -2.32. The molecule has 1 heterocycles. The Bertz CT molecular complexity index is 473. The Kier molecular flexibility index (Phi) is 5.30. The minimum atomic E-state index is -0.811. The van der Waals surface area contributed by atoms with Gasteiger partial charge in [-0.1, -0.05) is 0 Å². The molecule has 0 bridgehead atoms. The quantitative estimate of drug-likeness (QED) is 0.799. The lowest BCUT2D eigenvalue weighted by molar-refractivity contribution is -0.137. The zero-order valence-corrected chi connectivity index (χ0v) is 12.7. The SMILES string of the molecule is Cc1cc(OC(C)C)nc(NC(C)(C)CCC(=O)O)n1. The molecule has 0 saturated heterocycles. The van der Waals surface area contributed by atoms with E-state index in [0.717, 1.165) is 5.69 Å². The number of aliphatic carboxylic acids is 1.